The van der Waals surface area contributed by atoms with Crippen LogP contribution in [0.3, 0.4) is 0 Å². The van der Waals surface area contributed by atoms with E-state index in [1.165, 1.54) is 17.7 Å². The third kappa shape index (κ3) is 3.90. The quantitative estimate of drug-likeness (QED) is 0.787. The third-order valence-electron chi connectivity index (χ3n) is 4.68. The van der Waals surface area contributed by atoms with E-state index in [1.54, 1.807) is 12.1 Å². The molecule has 2 aromatic carbocycles. The molecule has 2 aromatic rings. The molecule has 5 heteroatoms. The van der Waals surface area contributed by atoms with Gasteiger partial charge in [0.25, 0.3) is 0 Å². The molecule has 25 heavy (non-hydrogen) atoms. The van der Waals surface area contributed by atoms with Gasteiger partial charge in [-0.3, -0.25) is 0 Å². The number of rotatable bonds is 4. The van der Waals surface area contributed by atoms with Crippen molar-refractivity contribution in [2.45, 2.75) is 35.0 Å². The number of hydrogen-bond acceptors (Lipinski definition) is 2. The van der Waals surface area contributed by atoms with E-state index in [9.17, 15) is 9.18 Å². The zero-order valence-electron chi connectivity index (χ0n) is 14.7. The van der Waals surface area contributed by atoms with Gasteiger partial charge in [-0.25, -0.2) is 0 Å². The van der Waals surface area contributed by atoms with Crippen molar-refractivity contribution < 1.29 is 13.9 Å². The summed E-state index contributed by atoms with van der Waals surface area (Å²) in [6, 6.07) is 14.2. The van der Waals surface area contributed by atoms with Crippen LogP contribution in [0.1, 0.15) is 28.7 Å². The summed E-state index contributed by atoms with van der Waals surface area (Å²) in [4.78, 5) is 12.7. The van der Waals surface area contributed by atoms with Crippen LogP contribution in [0.2, 0.25) is 11.4 Å². The molecule has 1 amide bonds. The fourth-order valence-corrected chi connectivity index (χ4v) is 6.77. The van der Waals surface area contributed by atoms with Gasteiger partial charge in [0.05, 0.1) is 0 Å². The Bertz CT molecular complexity index is 748. The number of ether oxygens (including phenoxy) is 1. The molecule has 3 rings (SSSR count). The van der Waals surface area contributed by atoms with E-state index in [2.05, 4.69) is 22.8 Å². The average Bonchev–Trinajstić information content (AvgIpc) is 2.61. The van der Waals surface area contributed by atoms with Gasteiger partial charge in [0.1, 0.15) is 0 Å². The number of carbonyl (C=O) groups excluding carboxylic acids is 1. The molecule has 0 aliphatic carbocycles. The Morgan fingerprint density at radius 1 is 1.20 bits per heavy atom. The van der Waals surface area contributed by atoms with Gasteiger partial charge in [-0.05, 0) is 0 Å². The summed E-state index contributed by atoms with van der Waals surface area (Å²) in [6.07, 6.45) is 0. The molecule has 2 unspecified atom stereocenters. The second-order valence-corrected chi connectivity index (χ2v) is 11.9. The van der Waals surface area contributed by atoms with Gasteiger partial charge in [-0.15, -0.1) is 0 Å². The first-order chi connectivity index (χ1) is 12.0. The molecule has 3 nitrogen and oxygen atoms in total. The van der Waals surface area contributed by atoms with Crippen molar-refractivity contribution in [1.82, 2.24) is 5.32 Å². The second kappa shape index (κ2) is 7.61. The first-order valence-electron chi connectivity index (χ1n) is 8.41. The predicted octanol–water partition coefficient (Wildman–Crippen LogP) is 3.88. The van der Waals surface area contributed by atoms with Crippen LogP contribution in [0, 0.1) is 5.82 Å². The standard InChI is InChI=1S/C20H23AsFNO2/c1-13(14-8-10-15(22)11-9-14)20(24)23-17-12-25-18-7-5-4-6-16(18)19(17)21(2)3/h4-11,13,17,19H,12H2,1-3H3,(H,23,24)/t13-,17?,19?/m0/s1. The van der Waals surface area contributed by atoms with Crippen molar-refractivity contribution in [2.24, 2.45) is 0 Å². The number of hydrogen-bond donors (Lipinski definition) is 1. The molecule has 0 spiro atoms. The van der Waals surface area contributed by atoms with Crippen LogP contribution >= 0.6 is 0 Å². The van der Waals surface area contributed by atoms with Crippen LogP contribution in [0.5, 0.6) is 5.75 Å². The Morgan fingerprint density at radius 2 is 1.88 bits per heavy atom. The molecular weight excluding hydrogens is 380 g/mol. The summed E-state index contributed by atoms with van der Waals surface area (Å²) >= 11 is -1.13. The normalized spacial score (nSPS) is 20.5. The first-order valence-corrected chi connectivity index (χ1v) is 13.2. The van der Waals surface area contributed by atoms with Gasteiger partial charge in [-0.2, -0.15) is 0 Å². The van der Waals surface area contributed by atoms with E-state index in [4.69, 9.17) is 4.74 Å². The molecule has 1 heterocycles. The van der Waals surface area contributed by atoms with Crippen LogP contribution in [0.4, 0.5) is 4.39 Å². The van der Waals surface area contributed by atoms with Crippen molar-refractivity contribution in [3.8, 4) is 5.75 Å². The van der Waals surface area contributed by atoms with Crippen LogP contribution in [0.25, 0.3) is 0 Å². The monoisotopic (exact) mass is 403 g/mol. The molecular formula is C20H23AsFNO2. The Balaban J connectivity index is 1.77. The number of amides is 1. The number of para-hydroxylation sites is 1. The molecule has 0 radical (unpaired) electrons. The minimum atomic E-state index is -1.13. The molecule has 1 aliphatic rings. The van der Waals surface area contributed by atoms with E-state index < -0.39 is 14.7 Å². The van der Waals surface area contributed by atoms with Gasteiger partial charge in [-0.1, -0.05) is 0 Å². The van der Waals surface area contributed by atoms with Gasteiger partial charge in [0.15, 0.2) is 0 Å². The SMILES string of the molecule is C[C@H](C(=O)NC1COc2ccccc2C1[As](C)C)c1ccc(F)cc1. The summed E-state index contributed by atoms with van der Waals surface area (Å²) in [5.74, 6) is 0.279. The van der Waals surface area contributed by atoms with Crippen LogP contribution in [-0.2, 0) is 4.79 Å². The van der Waals surface area contributed by atoms with Crippen LogP contribution < -0.4 is 10.1 Å². The molecule has 3 atom stereocenters. The Kier molecular flexibility index (Phi) is 5.48. The van der Waals surface area contributed by atoms with E-state index in [0.717, 1.165) is 11.3 Å². The molecule has 1 N–H and O–H groups in total. The van der Waals surface area contributed by atoms with E-state index in [1.807, 2.05) is 25.1 Å². The Hall–Kier alpha value is -1.80. The van der Waals surface area contributed by atoms with Crippen molar-refractivity contribution in [1.29, 1.82) is 0 Å². The molecule has 1 aliphatic heterocycles. The minimum absolute atomic E-state index is 0.0136. The molecule has 0 saturated carbocycles. The van der Waals surface area contributed by atoms with Gasteiger partial charge in [0.2, 0.25) is 0 Å². The number of carbonyl (C=O) groups is 1. The molecule has 0 saturated heterocycles. The summed E-state index contributed by atoms with van der Waals surface area (Å²) in [7, 11) is 0. The van der Waals surface area contributed by atoms with Crippen molar-refractivity contribution in [3.63, 3.8) is 0 Å². The second-order valence-electron chi connectivity index (χ2n) is 6.65. The van der Waals surface area contributed by atoms with Crippen LogP contribution in [0.15, 0.2) is 48.5 Å². The van der Waals surface area contributed by atoms with E-state index in [-0.39, 0.29) is 23.7 Å². The van der Waals surface area contributed by atoms with Crippen LogP contribution in [-0.4, -0.2) is 33.2 Å². The maximum atomic E-state index is 13.1. The number of halogens is 1. The maximum absolute atomic E-state index is 13.1. The predicted molar refractivity (Wildman–Crippen MR) is 98.9 cm³/mol. The number of fused-ring (bicyclic) bond motifs is 1. The molecule has 0 aromatic heterocycles. The van der Waals surface area contributed by atoms with Crippen molar-refractivity contribution in [3.05, 3.63) is 65.5 Å². The third-order valence-corrected chi connectivity index (χ3v) is 8.36. The Morgan fingerprint density at radius 3 is 2.56 bits per heavy atom. The fraction of sp³-hybridized carbons (Fsp3) is 0.350. The fourth-order valence-electron chi connectivity index (χ4n) is 3.31. The molecule has 0 fully saturated rings. The summed E-state index contributed by atoms with van der Waals surface area (Å²) in [5, 5.41) is 3.18. The van der Waals surface area contributed by atoms with E-state index >= 15 is 0 Å². The van der Waals surface area contributed by atoms with Gasteiger partial charge in [0, 0.05) is 0 Å². The van der Waals surface area contributed by atoms with Gasteiger partial charge < -0.3 is 0 Å². The zero-order valence-corrected chi connectivity index (χ0v) is 16.6. The molecule has 0 bridgehead atoms. The van der Waals surface area contributed by atoms with Crippen molar-refractivity contribution >= 4 is 20.6 Å². The number of benzene rings is 2. The average molecular weight is 403 g/mol. The van der Waals surface area contributed by atoms with Crippen molar-refractivity contribution in [2.75, 3.05) is 6.61 Å². The zero-order chi connectivity index (χ0) is 18.0. The Labute approximate surface area is 152 Å². The summed E-state index contributed by atoms with van der Waals surface area (Å²) in [6.45, 7) is 2.35. The number of nitrogens with one attached hydrogen (secondary N) is 1. The van der Waals surface area contributed by atoms with E-state index in [0.29, 0.717) is 11.3 Å². The summed E-state index contributed by atoms with van der Waals surface area (Å²) < 4.78 is 19.3. The molecule has 132 valence electrons. The summed E-state index contributed by atoms with van der Waals surface area (Å²) in [5.41, 5.74) is 6.64. The van der Waals surface area contributed by atoms with Gasteiger partial charge >= 0.3 is 153 Å². The first kappa shape index (κ1) is 18.0. The topological polar surface area (TPSA) is 38.3 Å².